The van der Waals surface area contributed by atoms with Crippen LogP contribution in [0.4, 0.5) is 10.5 Å². The predicted octanol–water partition coefficient (Wildman–Crippen LogP) is 3.99. The molecule has 24 heavy (non-hydrogen) atoms. The summed E-state index contributed by atoms with van der Waals surface area (Å²) in [6, 6.07) is 4.86. The third-order valence-corrected chi connectivity index (χ3v) is 4.18. The van der Waals surface area contributed by atoms with E-state index in [1.807, 2.05) is 20.8 Å². The van der Waals surface area contributed by atoms with E-state index >= 15 is 0 Å². The van der Waals surface area contributed by atoms with Crippen LogP contribution in [0.3, 0.4) is 0 Å². The van der Waals surface area contributed by atoms with Crippen molar-refractivity contribution in [2.45, 2.75) is 32.8 Å². The van der Waals surface area contributed by atoms with Gasteiger partial charge in [0, 0.05) is 19.0 Å². The first-order valence-electron chi connectivity index (χ1n) is 7.71. The Hall–Kier alpha value is -1.83. The maximum Gasteiger partial charge on any atom is 0.410 e. The zero-order chi connectivity index (χ0) is 17.9. The number of halogens is 1. The lowest BCUT2D eigenvalue weighted by Crippen LogP contribution is -2.35. The number of hydrogen-bond donors (Lipinski definition) is 0. The Bertz CT molecular complexity index is 629. The molecule has 1 amide bonds. The summed E-state index contributed by atoms with van der Waals surface area (Å²) in [4.78, 5) is 24.4. The fourth-order valence-corrected chi connectivity index (χ4v) is 2.95. The van der Waals surface area contributed by atoms with Crippen molar-refractivity contribution >= 4 is 27.7 Å². The summed E-state index contributed by atoms with van der Waals surface area (Å²) in [5, 5.41) is 11.1. The topological polar surface area (TPSA) is 81.9 Å². The summed E-state index contributed by atoms with van der Waals surface area (Å²) >= 11 is 3.17. The second kappa shape index (κ2) is 7.38. The average molecular weight is 401 g/mol. The molecule has 1 saturated heterocycles. The van der Waals surface area contributed by atoms with Gasteiger partial charge >= 0.3 is 11.8 Å². The molecule has 8 heteroatoms. The third kappa shape index (κ3) is 4.83. The molecule has 1 fully saturated rings. The van der Waals surface area contributed by atoms with E-state index in [9.17, 15) is 14.9 Å². The summed E-state index contributed by atoms with van der Waals surface area (Å²) in [6.07, 6.45) is 0.444. The van der Waals surface area contributed by atoms with Gasteiger partial charge in [0.25, 0.3) is 0 Å². The normalized spacial score (nSPS) is 17.7. The number of carbonyl (C=O) groups excluding carboxylic acids is 1. The molecule has 2 rings (SSSR count). The van der Waals surface area contributed by atoms with Gasteiger partial charge in [-0.15, -0.1) is 0 Å². The molecule has 0 radical (unpaired) electrons. The van der Waals surface area contributed by atoms with Crippen molar-refractivity contribution in [1.29, 1.82) is 0 Å². The number of nitro benzene ring substituents is 1. The predicted molar refractivity (Wildman–Crippen MR) is 92.2 cm³/mol. The second-order valence-electron chi connectivity index (χ2n) is 6.74. The van der Waals surface area contributed by atoms with Crippen LogP contribution in [-0.2, 0) is 4.74 Å². The van der Waals surface area contributed by atoms with Gasteiger partial charge in [-0.3, -0.25) is 10.1 Å². The molecule has 7 nitrogen and oxygen atoms in total. The maximum absolute atomic E-state index is 12.0. The average Bonchev–Trinajstić information content (AvgIpc) is 2.91. The summed E-state index contributed by atoms with van der Waals surface area (Å²) in [6.45, 7) is 6.92. The van der Waals surface area contributed by atoms with Gasteiger partial charge in [0.1, 0.15) is 5.60 Å². The third-order valence-electron chi connectivity index (χ3n) is 3.54. The van der Waals surface area contributed by atoms with Gasteiger partial charge in [0.2, 0.25) is 0 Å². The summed E-state index contributed by atoms with van der Waals surface area (Å²) in [7, 11) is 0. The van der Waals surface area contributed by atoms with Gasteiger partial charge < -0.3 is 14.4 Å². The second-order valence-corrected chi connectivity index (χ2v) is 7.59. The number of nitro groups is 1. The minimum absolute atomic E-state index is 0.0838. The van der Waals surface area contributed by atoms with Crippen molar-refractivity contribution in [3.05, 3.63) is 32.8 Å². The van der Waals surface area contributed by atoms with Crippen LogP contribution >= 0.6 is 15.9 Å². The van der Waals surface area contributed by atoms with Crippen LogP contribution in [0.5, 0.6) is 5.75 Å². The number of carbonyl (C=O) groups is 1. The largest absolute Gasteiger partial charge is 0.486 e. The molecule has 0 bridgehead atoms. The van der Waals surface area contributed by atoms with Crippen LogP contribution in [0.15, 0.2) is 22.7 Å². The molecule has 0 N–H and O–H groups in total. The van der Waals surface area contributed by atoms with Crippen molar-refractivity contribution in [2.75, 3.05) is 19.7 Å². The minimum atomic E-state index is -0.525. The highest BCUT2D eigenvalue weighted by Gasteiger charge is 2.30. The number of nitrogens with zero attached hydrogens (tertiary/aromatic N) is 2. The Kier molecular flexibility index (Phi) is 5.69. The first-order chi connectivity index (χ1) is 11.2. The quantitative estimate of drug-likeness (QED) is 0.563. The molecule has 0 saturated carbocycles. The van der Waals surface area contributed by atoms with Gasteiger partial charge in [-0.2, -0.15) is 0 Å². The lowest BCUT2D eigenvalue weighted by molar-refractivity contribution is -0.386. The van der Waals surface area contributed by atoms with Crippen molar-refractivity contribution in [3.63, 3.8) is 0 Å². The fraction of sp³-hybridized carbons (Fsp3) is 0.562. The number of ether oxygens (including phenoxy) is 2. The Morgan fingerprint density at radius 2 is 2.17 bits per heavy atom. The van der Waals surface area contributed by atoms with Gasteiger partial charge in [-0.1, -0.05) is 6.07 Å². The summed E-state index contributed by atoms with van der Waals surface area (Å²) in [5.41, 5.74) is -0.609. The van der Waals surface area contributed by atoms with Crippen LogP contribution < -0.4 is 4.74 Å². The molecule has 0 aliphatic carbocycles. The lowest BCUT2D eigenvalue weighted by Gasteiger charge is -2.24. The van der Waals surface area contributed by atoms with Crippen LogP contribution in [0.2, 0.25) is 0 Å². The van der Waals surface area contributed by atoms with E-state index in [1.165, 1.54) is 0 Å². The van der Waals surface area contributed by atoms with Crippen molar-refractivity contribution in [2.24, 2.45) is 5.92 Å². The maximum atomic E-state index is 12.0. The molecule has 1 atom stereocenters. The molecule has 0 spiro atoms. The number of rotatable bonds is 4. The van der Waals surface area contributed by atoms with Gasteiger partial charge in [-0.05, 0) is 55.3 Å². The molecule has 1 unspecified atom stereocenters. The zero-order valence-electron chi connectivity index (χ0n) is 14.0. The van der Waals surface area contributed by atoms with Crippen LogP contribution in [0, 0.1) is 16.0 Å². The van der Waals surface area contributed by atoms with Gasteiger partial charge in [0.05, 0.1) is 16.0 Å². The van der Waals surface area contributed by atoms with E-state index in [0.29, 0.717) is 24.2 Å². The van der Waals surface area contributed by atoms with Crippen molar-refractivity contribution in [3.8, 4) is 5.75 Å². The molecular formula is C16H21BrN2O5. The highest BCUT2D eigenvalue weighted by molar-refractivity contribution is 9.10. The van der Waals surface area contributed by atoms with Crippen LogP contribution in [0.25, 0.3) is 0 Å². The van der Waals surface area contributed by atoms with Crippen LogP contribution in [0.1, 0.15) is 27.2 Å². The van der Waals surface area contributed by atoms with E-state index in [1.54, 1.807) is 23.1 Å². The van der Waals surface area contributed by atoms with Crippen molar-refractivity contribution < 1.29 is 19.2 Å². The molecule has 1 heterocycles. The number of para-hydroxylation sites is 1. The Morgan fingerprint density at radius 1 is 1.46 bits per heavy atom. The smallest absolute Gasteiger partial charge is 0.410 e. The molecule has 1 aliphatic rings. The molecule has 1 aromatic rings. The van der Waals surface area contributed by atoms with Crippen molar-refractivity contribution in [1.82, 2.24) is 4.90 Å². The van der Waals surface area contributed by atoms with E-state index in [0.717, 1.165) is 6.42 Å². The molecule has 1 aliphatic heterocycles. The number of likely N-dealkylation sites (tertiary alicyclic amines) is 1. The Morgan fingerprint density at radius 3 is 2.79 bits per heavy atom. The van der Waals surface area contributed by atoms with Crippen LogP contribution in [-0.4, -0.2) is 41.2 Å². The van der Waals surface area contributed by atoms with E-state index in [-0.39, 0.29) is 23.4 Å². The first-order valence-corrected chi connectivity index (χ1v) is 8.50. The number of hydrogen-bond acceptors (Lipinski definition) is 5. The monoisotopic (exact) mass is 400 g/mol. The molecular weight excluding hydrogens is 380 g/mol. The number of benzene rings is 1. The summed E-state index contributed by atoms with van der Waals surface area (Å²) < 4.78 is 11.4. The molecule has 0 aromatic heterocycles. The van der Waals surface area contributed by atoms with E-state index < -0.39 is 10.5 Å². The highest BCUT2D eigenvalue weighted by Crippen LogP contribution is 2.35. The standard InChI is InChI=1S/C16H21BrN2O5/c1-16(2,3)24-15(20)18-8-7-11(9-18)10-23-13-6-4-5-12(17)14(13)19(21)22/h4-6,11H,7-10H2,1-3H3. The minimum Gasteiger partial charge on any atom is -0.486 e. The highest BCUT2D eigenvalue weighted by atomic mass is 79.9. The Labute approximate surface area is 149 Å². The lowest BCUT2D eigenvalue weighted by atomic mass is 10.1. The summed E-state index contributed by atoms with van der Waals surface area (Å²) in [5.74, 6) is 0.348. The van der Waals surface area contributed by atoms with Gasteiger partial charge in [-0.25, -0.2) is 4.79 Å². The van der Waals surface area contributed by atoms with E-state index in [4.69, 9.17) is 9.47 Å². The Balaban J connectivity index is 1.92. The first kappa shape index (κ1) is 18.5. The molecule has 1 aromatic carbocycles. The van der Waals surface area contributed by atoms with E-state index in [2.05, 4.69) is 15.9 Å². The number of amides is 1. The zero-order valence-corrected chi connectivity index (χ0v) is 15.5. The van der Waals surface area contributed by atoms with Gasteiger partial charge in [0.15, 0.2) is 5.75 Å². The fourth-order valence-electron chi connectivity index (χ4n) is 2.46. The molecule has 132 valence electrons. The SMILES string of the molecule is CC(C)(C)OC(=O)N1CCC(COc2cccc(Br)c2[N+](=O)[O-])C1.